The van der Waals surface area contributed by atoms with Gasteiger partial charge in [-0.3, -0.25) is 14.4 Å². The molecule has 0 saturated carbocycles. The highest BCUT2D eigenvalue weighted by Gasteiger charge is 2.20. The molecule has 1 aromatic heterocycles. The summed E-state index contributed by atoms with van der Waals surface area (Å²) in [5.74, 6) is -0.433. The molecule has 7 heteroatoms. The molecule has 0 aliphatic carbocycles. The highest BCUT2D eigenvalue weighted by molar-refractivity contribution is 6.13. The molecule has 1 heterocycles. The van der Waals surface area contributed by atoms with Crippen molar-refractivity contribution >= 4 is 28.3 Å². The van der Waals surface area contributed by atoms with Crippen molar-refractivity contribution in [2.24, 2.45) is 5.92 Å². The van der Waals surface area contributed by atoms with Crippen molar-refractivity contribution < 1.29 is 9.59 Å². The number of anilines is 1. The van der Waals surface area contributed by atoms with Gasteiger partial charge in [0, 0.05) is 11.9 Å². The number of rotatable bonds is 6. The zero-order valence-corrected chi connectivity index (χ0v) is 17.6. The molecule has 0 saturated heterocycles. The first kappa shape index (κ1) is 21.2. The van der Waals surface area contributed by atoms with Gasteiger partial charge in [0.25, 0.3) is 17.4 Å². The number of fused-ring (bicyclic) bond motifs is 1. The van der Waals surface area contributed by atoms with Gasteiger partial charge < -0.3 is 10.6 Å². The van der Waals surface area contributed by atoms with Gasteiger partial charge in [-0.1, -0.05) is 44.2 Å². The monoisotopic (exact) mass is 406 g/mol. The minimum atomic E-state index is -0.482. The fraction of sp³-hybridized carbons (Fsp3) is 0.304. The summed E-state index contributed by atoms with van der Waals surface area (Å²) in [5.41, 5.74) is 0.645. The lowest BCUT2D eigenvalue weighted by Crippen LogP contribution is -2.30. The molecule has 0 aliphatic heterocycles. The Hall–Kier alpha value is -3.48. The van der Waals surface area contributed by atoms with Crippen LogP contribution in [0.1, 0.15) is 54.6 Å². The van der Waals surface area contributed by atoms with E-state index in [1.54, 1.807) is 48.5 Å². The van der Waals surface area contributed by atoms with Gasteiger partial charge in [0.2, 0.25) is 0 Å². The molecule has 0 atom stereocenters. The third kappa shape index (κ3) is 4.40. The second-order valence-electron chi connectivity index (χ2n) is 7.84. The number of benzene rings is 2. The van der Waals surface area contributed by atoms with E-state index in [2.05, 4.69) is 15.7 Å². The lowest BCUT2D eigenvalue weighted by Gasteiger charge is -2.15. The predicted octanol–water partition coefficient (Wildman–Crippen LogP) is 3.62. The Balaban J connectivity index is 2.00. The van der Waals surface area contributed by atoms with Crippen LogP contribution in [0.4, 0.5) is 5.69 Å². The van der Waals surface area contributed by atoms with Gasteiger partial charge in [-0.2, -0.15) is 5.10 Å². The maximum Gasteiger partial charge on any atom is 0.276 e. The average molecular weight is 406 g/mol. The summed E-state index contributed by atoms with van der Waals surface area (Å²) in [6.45, 7) is 8.22. The molecule has 3 aromatic rings. The SMILES string of the molecule is CC(C)CNC(=O)c1ccccc1NC(=O)c1nn(C(C)C)c(=O)c2ccccc12. The third-order valence-corrected chi connectivity index (χ3v) is 4.62. The number of nitrogens with zero attached hydrogens (tertiary/aromatic N) is 2. The number of hydrogen-bond acceptors (Lipinski definition) is 4. The summed E-state index contributed by atoms with van der Waals surface area (Å²) in [6.07, 6.45) is 0. The minimum Gasteiger partial charge on any atom is -0.352 e. The first-order valence-electron chi connectivity index (χ1n) is 9.99. The van der Waals surface area contributed by atoms with Crippen LogP contribution in [-0.2, 0) is 0 Å². The standard InChI is InChI=1S/C23H26N4O3/c1-14(2)13-24-21(28)18-11-7-8-12-19(18)25-22(29)20-16-9-5-6-10-17(16)23(30)27(26-20)15(3)4/h5-12,14-15H,13H2,1-4H3,(H,24,28)(H,25,29). The van der Waals surface area contributed by atoms with Crippen LogP contribution in [0.5, 0.6) is 0 Å². The van der Waals surface area contributed by atoms with Crippen LogP contribution in [0.25, 0.3) is 10.8 Å². The first-order chi connectivity index (χ1) is 14.3. The Kier molecular flexibility index (Phi) is 6.30. The molecule has 0 unspecified atom stereocenters. The normalized spacial score (nSPS) is 11.1. The lowest BCUT2D eigenvalue weighted by atomic mass is 10.1. The summed E-state index contributed by atoms with van der Waals surface area (Å²) in [4.78, 5) is 38.4. The lowest BCUT2D eigenvalue weighted by molar-refractivity contribution is 0.0950. The van der Waals surface area contributed by atoms with Gasteiger partial charge in [0.1, 0.15) is 0 Å². The summed E-state index contributed by atoms with van der Waals surface area (Å²) in [7, 11) is 0. The van der Waals surface area contributed by atoms with Crippen molar-refractivity contribution in [1.82, 2.24) is 15.1 Å². The largest absolute Gasteiger partial charge is 0.352 e. The summed E-state index contributed by atoms with van der Waals surface area (Å²) in [5, 5.41) is 10.9. The second kappa shape index (κ2) is 8.90. The molecule has 30 heavy (non-hydrogen) atoms. The Morgan fingerprint density at radius 2 is 1.57 bits per heavy atom. The molecular weight excluding hydrogens is 380 g/mol. The van der Waals surface area contributed by atoms with E-state index in [1.165, 1.54) is 4.68 Å². The number of para-hydroxylation sites is 1. The van der Waals surface area contributed by atoms with Crippen molar-refractivity contribution in [3.05, 3.63) is 70.1 Å². The third-order valence-electron chi connectivity index (χ3n) is 4.62. The Bertz CT molecular complexity index is 1150. The van der Waals surface area contributed by atoms with Gasteiger partial charge in [0.05, 0.1) is 22.7 Å². The molecule has 0 aliphatic rings. The summed E-state index contributed by atoms with van der Waals surface area (Å²) in [6, 6.07) is 13.5. The van der Waals surface area contributed by atoms with E-state index in [9.17, 15) is 14.4 Å². The van der Waals surface area contributed by atoms with Gasteiger partial charge >= 0.3 is 0 Å². The van der Waals surface area contributed by atoms with Gasteiger partial charge in [0.15, 0.2) is 5.69 Å². The minimum absolute atomic E-state index is 0.135. The summed E-state index contributed by atoms with van der Waals surface area (Å²) >= 11 is 0. The number of carbonyl (C=O) groups excluding carboxylic acids is 2. The van der Waals surface area contributed by atoms with E-state index < -0.39 is 5.91 Å². The molecule has 0 fully saturated rings. The number of hydrogen-bond donors (Lipinski definition) is 2. The van der Waals surface area contributed by atoms with Crippen molar-refractivity contribution in [1.29, 1.82) is 0 Å². The van der Waals surface area contributed by atoms with Crippen molar-refractivity contribution in [3.8, 4) is 0 Å². The fourth-order valence-corrected chi connectivity index (χ4v) is 3.09. The molecule has 0 radical (unpaired) electrons. The van der Waals surface area contributed by atoms with E-state index in [0.29, 0.717) is 34.5 Å². The zero-order valence-electron chi connectivity index (χ0n) is 17.6. The van der Waals surface area contributed by atoms with E-state index >= 15 is 0 Å². The summed E-state index contributed by atoms with van der Waals surface area (Å²) < 4.78 is 1.30. The second-order valence-corrected chi connectivity index (χ2v) is 7.84. The number of carbonyl (C=O) groups is 2. The molecule has 2 amide bonds. The van der Waals surface area contributed by atoms with Gasteiger partial charge in [-0.05, 0) is 38.0 Å². The zero-order chi connectivity index (χ0) is 21.8. The Morgan fingerprint density at radius 1 is 0.933 bits per heavy atom. The van der Waals surface area contributed by atoms with Crippen LogP contribution in [-0.4, -0.2) is 28.1 Å². The maximum absolute atomic E-state index is 13.1. The van der Waals surface area contributed by atoms with Gasteiger partial charge in [-0.25, -0.2) is 4.68 Å². The predicted molar refractivity (Wildman–Crippen MR) is 118 cm³/mol. The molecule has 2 N–H and O–H groups in total. The average Bonchev–Trinajstić information content (AvgIpc) is 2.72. The Morgan fingerprint density at radius 3 is 2.23 bits per heavy atom. The maximum atomic E-state index is 13.1. The molecular formula is C23H26N4O3. The molecule has 156 valence electrons. The first-order valence-corrected chi connectivity index (χ1v) is 9.99. The molecule has 7 nitrogen and oxygen atoms in total. The number of aromatic nitrogens is 2. The van der Waals surface area contributed by atoms with Crippen molar-refractivity contribution in [2.45, 2.75) is 33.7 Å². The highest BCUT2D eigenvalue weighted by atomic mass is 16.2. The Labute approximate surface area is 175 Å². The van der Waals surface area contributed by atoms with Crippen LogP contribution in [0.15, 0.2) is 53.3 Å². The van der Waals surface area contributed by atoms with Crippen LogP contribution in [0.3, 0.4) is 0 Å². The van der Waals surface area contributed by atoms with Crippen LogP contribution >= 0.6 is 0 Å². The topological polar surface area (TPSA) is 93.1 Å². The molecule has 3 rings (SSSR count). The van der Waals surface area contributed by atoms with E-state index in [-0.39, 0.29) is 23.2 Å². The molecule has 2 aromatic carbocycles. The highest BCUT2D eigenvalue weighted by Crippen LogP contribution is 2.19. The fourth-order valence-electron chi connectivity index (χ4n) is 3.09. The number of nitrogens with one attached hydrogen (secondary N) is 2. The smallest absolute Gasteiger partial charge is 0.276 e. The van der Waals surface area contributed by atoms with Gasteiger partial charge in [-0.15, -0.1) is 0 Å². The van der Waals surface area contributed by atoms with E-state index in [0.717, 1.165) is 0 Å². The van der Waals surface area contributed by atoms with Crippen LogP contribution in [0.2, 0.25) is 0 Å². The van der Waals surface area contributed by atoms with Crippen molar-refractivity contribution in [2.75, 3.05) is 11.9 Å². The van der Waals surface area contributed by atoms with Crippen molar-refractivity contribution in [3.63, 3.8) is 0 Å². The van der Waals surface area contributed by atoms with E-state index in [4.69, 9.17) is 0 Å². The molecule has 0 bridgehead atoms. The quantitative estimate of drug-likeness (QED) is 0.654. The molecule has 0 spiro atoms. The van der Waals surface area contributed by atoms with Crippen LogP contribution in [0, 0.1) is 5.92 Å². The van der Waals surface area contributed by atoms with Crippen LogP contribution < -0.4 is 16.2 Å². The number of amides is 2. The van der Waals surface area contributed by atoms with E-state index in [1.807, 2.05) is 27.7 Å².